The number of hydrogen-bond acceptors (Lipinski definition) is 7. The summed E-state index contributed by atoms with van der Waals surface area (Å²) in [5.74, 6) is -1.70. The van der Waals surface area contributed by atoms with Crippen molar-refractivity contribution in [2.24, 2.45) is 5.73 Å². The predicted octanol–water partition coefficient (Wildman–Crippen LogP) is 0.952. The molecule has 26 heavy (non-hydrogen) atoms. The Morgan fingerprint density at radius 3 is 2.31 bits per heavy atom. The van der Waals surface area contributed by atoms with Crippen LogP contribution in [0.2, 0.25) is 0 Å². The number of carboxylic acids is 1. The lowest BCUT2D eigenvalue weighted by Crippen LogP contribution is -2.33. The maximum absolute atomic E-state index is 11.7. The molecule has 0 radical (unpaired) electrons. The summed E-state index contributed by atoms with van der Waals surface area (Å²) in [5, 5.41) is 25.2. The minimum absolute atomic E-state index is 0.0504. The van der Waals surface area contributed by atoms with Crippen LogP contribution in [-0.4, -0.2) is 46.2 Å². The van der Waals surface area contributed by atoms with Crippen molar-refractivity contribution < 1.29 is 34.4 Å². The monoisotopic (exact) mass is 361 g/mol. The molecule has 0 heterocycles. The molecule has 2 aromatic rings. The Balaban J connectivity index is 0.000000412. The normalized spacial score (nSPS) is 10.8. The number of carboxylic acid groups (broad SMARTS) is 1. The molecule has 0 spiro atoms. The summed E-state index contributed by atoms with van der Waals surface area (Å²) in [7, 11) is 0. The first-order chi connectivity index (χ1) is 12.4. The zero-order chi connectivity index (χ0) is 19.5. The van der Waals surface area contributed by atoms with E-state index in [-0.39, 0.29) is 17.9 Å². The van der Waals surface area contributed by atoms with Crippen LogP contribution in [0.3, 0.4) is 0 Å². The molecule has 8 heteroatoms. The number of hydrogen-bond donors (Lipinski definition) is 4. The highest BCUT2D eigenvalue weighted by Crippen LogP contribution is 2.17. The van der Waals surface area contributed by atoms with Crippen molar-refractivity contribution in [2.45, 2.75) is 12.6 Å². The first-order valence-electron chi connectivity index (χ1n) is 7.47. The number of nitrogens with two attached hydrogens (primary N) is 1. The first kappa shape index (κ1) is 20.8. The van der Waals surface area contributed by atoms with E-state index < -0.39 is 24.6 Å². The fourth-order valence-electron chi connectivity index (χ4n) is 1.67. The summed E-state index contributed by atoms with van der Waals surface area (Å²) < 4.78 is 5.12. The Labute approximate surface area is 149 Å². The van der Waals surface area contributed by atoms with Crippen LogP contribution in [0.15, 0.2) is 48.5 Å². The molecule has 1 atom stereocenters. The predicted molar refractivity (Wildman–Crippen MR) is 91.8 cm³/mol. The SMILES string of the molecule is N[C@@H](CO)C(=O)O.O=Cc1cc(COC(=O)c2ccccc2)ccc1O. The fraction of sp³-hybridized carbons (Fsp3) is 0.167. The molecule has 0 unspecified atom stereocenters. The van der Waals surface area contributed by atoms with E-state index in [1.54, 1.807) is 30.3 Å². The number of aliphatic hydroxyl groups excluding tert-OH is 1. The van der Waals surface area contributed by atoms with Crippen molar-refractivity contribution in [3.05, 3.63) is 65.2 Å². The van der Waals surface area contributed by atoms with Crippen molar-refractivity contribution in [2.75, 3.05) is 6.61 Å². The van der Waals surface area contributed by atoms with E-state index in [0.29, 0.717) is 17.4 Å². The number of esters is 1. The van der Waals surface area contributed by atoms with E-state index in [4.69, 9.17) is 20.7 Å². The fourth-order valence-corrected chi connectivity index (χ4v) is 1.67. The van der Waals surface area contributed by atoms with E-state index in [9.17, 15) is 19.5 Å². The molecule has 0 aromatic heterocycles. The van der Waals surface area contributed by atoms with Gasteiger partial charge in [-0.1, -0.05) is 24.3 Å². The summed E-state index contributed by atoms with van der Waals surface area (Å²) in [6, 6.07) is 12.0. The second kappa shape index (κ2) is 10.6. The summed E-state index contributed by atoms with van der Waals surface area (Å²) in [6.45, 7) is -0.454. The van der Waals surface area contributed by atoms with Gasteiger partial charge in [-0.15, -0.1) is 0 Å². The third kappa shape index (κ3) is 6.71. The molecule has 0 saturated heterocycles. The quantitative estimate of drug-likeness (QED) is 0.439. The standard InChI is InChI=1S/C15H12O4.C3H7NO3/c16-9-13-8-11(6-7-14(13)17)10-19-15(18)12-4-2-1-3-5-12;4-2(1-5)3(6)7/h1-9,17H,10H2;2,5H,1,4H2,(H,6,7)/t;2-/m.0/s1. The van der Waals surface area contributed by atoms with E-state index in [0.717, 1.165) is 0 Å². The molecule has 0 bridgehead atoms. The summed E-state index contributed by atoms with van der Waals surface area (Å²) in [4.78, 5) is 32.0. The van der Waals surface area contributed by atoms with Gasteiger partial charge in [-0.2, -0.15) is 0 Å². The molecule has 138 valence electrons. The molecule has 0 amide bonds. The highest BCUT2D eigenvalue weighted by molar-refractivity contribution is 5.89. The van der Waals surface area contributed by atoms with Gasteiger partial charge in [0.25, 0.3) is 0 Å². The van der Waals surface area contributed by atoms with Gasteiger partial charge in [-0.25, -0.2) is 4.79 Å². The summed E-state index contributed by atoms with van der Waals surface area (Å²) in [6.07, 6.45) is 0.553. The average molecular weight is 361 g/mol. The molecule has 0 aliphatic heterocycles. The van der Waals surface area contributed by atoms with Crippen LogP contribution < -0.4 is 5.73 Å². The van der Waals surface area contributed by atoms with Crippen LogP contribution in [0, 0.1) is 0 Å². The number of carbonyl (C=O) groups excluding carboxylic acids is 2. The van der Waals surface area contributed by atoms with Crippen LogP contribution in [0.4, 0.5) is 0 Å². The Kier molecular flexibility index (Phi) is 8.48. The number of aliphatic hydroxyl groups is 1. The molecule has 2 aromatic carbocycles. The van der Waals surface area contributed by atoms with Gasteiger partial charge in [-0.05, 0) is 29.8 Å². The maximum Gasteiger partial charge on any atom is 0.338 e. The minimum Gasteiger partial charge on any atom is -0.507 e. The number of benzene rings is 2. The summed E-state index contributed by atoms with van der Waals surface area (Å²) >= 11 is 0. The zero-order valence-electron chi connectivity index (χ0n) is 13.7. The molecule has 0 aliphatic rings. The molecule has 5 N–H and O–H groups in total. The van der Waals surface area contributed by atoms with Crippen LogP contribution >= 0.6 is 0 Å². The van der Waals surface area contributed by atoms with Gasteiger partial charge in [0.1, 0.15) is 18.4 Å². The van der Waals surface area contributed by atoms with Crippen LogP contribution in [-0.2, 0) is 16.1 Å². The Hall–Kier alpha value is -3.23. The van der Waals surface area contributed by atoms with Gasteiger partial charge in [0.2, 0.25) is 0 Å². The molecular weight excluding hydrogens is 342 g/mol. The van der Waals surface area contributed by atoms with Crippen LogP contribution in [0.1, 0.15) is 26.3 Å². The lowest BCUT2D eigenvalue weighted by molar-refractivity contribution is -0.139. The van der Waals surface area contributed by atoms with Crippen LogP contribution in [0.5, 0.6) is 5.75 Å². The van der Waals surface area contributed by atoms with E-state index in [1.165, 1.54) is 12.1 Å². The van der Waals surface area contributed by atoms with Gasteiger partial charge in [-0.3, -0.25) is 9.59 Å². The second-order valence-electron chi connectivity index (χ2n) is 5.08. The second-order valence-corrected chi connectivity index (χ2v) is 5.08. The lowest BCUT2D eigenvalue weighted by atomic mass is 10.1. The Bertz CT molecular complexity index is 746. The lowest BCUT2D eigenvalue weighted by Gasteiger charge is -2.06. The smallest absolute Gasteiger partial charge is 0.338 e. The number of phenolic OH excluding ortho intramolecular Hbond substituents is 1. The van der Waals surface area contributed by atoms with Gasteiger partial charge >= 0.3 is 11.9 Å². The third-order valence-corrected chi connectivity index (χ3v) is 3.11. The molecule has 0 saturated carbocycles. The number of phenols is 1. The average Bonchev–Trinajstić information content (AvgIpc) is 2.67. The van der Waals surface area contributed by atoms with Crippen molar-refractivity contribution in [1.82, 2.24) is 0 Å². The van der Waals surface area contributed by atoms with Gasteiger partial charge < -0.3 is 25.8 Å². The molecule has 2 rings (SSSR count). The largest absolute Gasteiger partial charge is 0.507 e. The molecular formula is C18H19NO7. The topological polar surface area (TPSA) is 147 Å². The van der Waals surface area contributed by atoms with E-state index >= 15 is 0 Å². The zero-order valence-corrected chi connectivity index (χ0v) is 13.7. The van der Waals surface area contributed by atoms with Crippen LogP contribution in [0.25, 0.3) is 0 Å². The third-order valence-electron chi connectivity index (χ3n) is 3.11. The van der Waals surface area contributed by atoms with Crippen molar-refractivity contribution in [3.8, 4) is 5.75 Å². The number of aromatic hydroxyl groups is 1. The van der Waals surface area contributed by atoms with Crippen molar-refractivity contribution in [1.29, 1.82) is 0 Å². The Morgan fingerprint density at radius 2 is 1.81 bits per heavy atom. The molecule has 0 aliphatic carbocycles. The van der Waals surface area contributed by atoms with E-state index in [1.807, 2.05) is 6.07 Å². The minimum atomic E-state index is -1.18. The van der Waals surface area contributed by atoms with Crippen molar-refractivity contribution in [3.63, 3.8) is 0 Å². The first-order valence-corrected chi connectivity index (χ1v) is 7.47. The van der Waals surface area contributed by atoms with Gasteiger partial charge in [0.15, 0.2) is 6.29 Å². The highest BCUT2D eigenvalue weighted by Gasteiger charge is 2.08. The number of aliphatic carboxylic acids is 1. The van der Waals surface area contributed by atoms with Crippen molar-refractivity contribution >= 4 is 18.2 Å². The highest BCUT2D eigenvalue weighted by atomic mass is 16.5. The number of carbonyl (C=O) groups is 3. The summed E-state index contributed by atoms with van der Waals surface area (Å²) in [5.41, 5.74) is 6.05. The molecule has 8 nitrogen and oxygen atoms in total. The molecule has 0 fully saturated rings. The van der Waals surface area contributed by atoms with Gasteiger partial charge in [0.05, 0.1) is 17.7 Å². The number of aldehydes is 1. The number of rotatable bonds is 6. The maximum atomic E-state index is 11.7. The van der Waals surface area contributed by atoms with E-state index in [2.05, 4.69) is 0 Å². The Morgan fingerprint density at radius 1 is 1.15 bits per heavy atom. The number of ether oxygens (including phenoxy) is 1. The van der Waals surface area contributed by atoms with Gasteiger partial charge in [0, 0.05) is 0 Å².